The molecule has 28 heavy (non-hydrogen) atoms. The van der Waals surface area contributed by atoms with Gasteiger partial charge in [-0.05, 0) is 69.8 Å². The van der Waals surface area contributed by atoms with Crippen molar-refractivity contribution in [3.63, 3.8) is 0 Å². The van der Waals surface area contributed by atoms with Gasteiger partial charge in [0.25, 0.3) is 0 Å². The van der Waals surface area contributed by atoms with Crippen LogP contribution in [0.4, 0.5) is 4.79 Å². The molecule has 1 aromatic carbocycles. The fraction of sp³-hybridized carbons (Fsp3) is 0.682. The van der Waals surface area contributed by atoms with Gasteiger partial charge < -0.3 is 19.3 Å². The van der Waals surface area contributed by atoms with Crippen LogP contribution in [0.15, 0.2) is 24.3 Å². The van der Waals surface area contributed by atoms with Crippen molar-refractivity contribution in [3.8, 4) is 0 Å². The lowest BCUT2D eigenvalue weighted by atomic mass is 9.75. The third-order valence-electron chi connectivity index (χ3n) is 6.85. The Hall–Kier alpha value is -1.53. The molecule has 1 amide bonds. The van der Waals surface area contributed by atoms with Gasteiger partial charge in [0, 0.05) is 12.6 Å². The van der Waals surface area contributed by atoms with Gasteiger partial charge in [0.2, 0.25) is 0 Å². The molecular formula is C22H34BNO4. The summed E-state index contributed by atoms with van der Waals surface area (Å²) in [7, 11) is -0.393. The molecule has 5 nitrogen and oxygen atoms in total. The van der Waals surface area contributed by atoms with Gasteiger partial charge in [-0.3, -0.25) is 0 Å². The highest BCUT2D eigenvalue weighted by Crippen LogP contribution is 2.38. The van der Waals surface area contributed by atoms with Crippen LogP contribution in [-0.2, 0) is 15.9 Å². The first kappa shape index (κ1) is 21.2. The van der Waals surface area contributed by atoms with Crippen molar-refractivity contribution in [2.45, 2.75) is 91.0 Å². The van der Waals surface area contributed by atoms with Crippen molar-refractivity contribution in [2.24, 2.45) is 5.41 Å². The van der Waals surface area contributed by atoms with Crippen molar-refractivity contribution in [2.75, 3.05) is 0 Å². The van der Waals surface area contributed by atoms with Crippen molar-refractivity contribution in [3.05, 3.63) is 29.8 Å². The number of benzene rings is 1. The highest BCUT2D eigenvalue weighted by atomic mass is 16.7. The zero-order chi connectivity index (χ0) is 20.7. The second-order valence-corrected chi connectivity index (χ2v) is 10.1. The van der Waals surface area contributed by atoms with E-state index in [0.29, 0.717) is 12.0 Å². The van der Waals surface area contributed by atoms with Gasteiger partial charge in [-0.25, -0.2) is 4.79 Å². The highest BCUT2D eigenvalue weighted by molar-refractivity contribution is 6.62. The van der Waals surface area contributed by atoms with Crippen LogP contribution < -0.4 is 5.46 Å². The molecule has 1 N–H and O–H groups in total. The van der Waals surface area contributed by atoms with Gasteiger partial charge in [0.15, 0.2) is 0 Å². The largest absolute Gasteiger partial charge is 0.494 e. The molecule has 0 aromatic heterocycles. The van der Waals surface area contributed by atoms with E-state index < -0.39 is 13.2 Å². The van der Waals surface area contributed by atoms with Crippen LogP contribution in [0.5, 0.6) is 0 Å². The number of hydrogen-bond acceptors (Lipinski definition) is 3. The molecule has 1 aromatic rings. The number of rotatable bonds is 4. The van der Waals surface area contributed by atoms with Crippen LogP contribution in [0.25, 0.3) is 0 Å². The van der Waals surface area contributed by atoms with Crippen LogP contribution in [-0.4, -0.2) is 40.5 Å². The first-order chi connectivity index (χ1) is 12.9. The Kier molecular flexibility index (Phi) is 5.58. The smallest absolute Gasteiger partial charge is 0.465 e. The van der Waals surface area contributed by atoms with Crippen molar-refractivity contribution >= 4 is 18.7 Å². The Bertz CT molecular complexity index is 688. The number of carbonyl (C=O) groups is 1. The minimum atomic E-state index is -0.834. The summed E-state index contributed by atoms with van der Waals surface area (Å²) >= 11 is 0. The summed E-state index contributed by atoms with van der Waals surface area (Å²) in [5.74, 6) is 0. The molecule has 1 aliphatic heterocycles. The Labute approximate surface area is 169 Å². The fourth-order valence-corrected chi connectivity index (χ4v) is 4.00. The van der Waals surface area contributed by atoms with Crippen LogP contribution >= 0.6 is 0 Å². The SMILES string of the molecule is CC1(C)CCC(N(Cc2ccc(B3OC(C)(C)C(C)(C)O3)cc2)C(=O)O)CC1. The summed E-state index contributed by atoms with van der Waals surface area (Å²) in [4.78, 5) is 13.5. The first-order valence-corrected chi connectivity index (χ1v) is 10.3. The van der Waals surface area contributed by atoms with Gasteiger partial charge in [0.05, 0.1) is 11.2 Å². The number of amides is 1. The third kappa shape index (κ3) is 4.38. The predicted octanol–water partition coefficient (Wildman–Crippen LogP) is 4.43. The van der Waals surface area contributed by atoms with Gasteiger partial charge in [-0.2, -0.15) is 0 Å². The summed E-state index contributed by atoms with van der Waals surface area (Å²) < 4.78 is 12.2. The van der Waals surface area contributed by atoms with Crippen LogP contribution in [0, 0.1) is 5.41 Å². The number of carboxylic acid groups (broad SMARTS) is 1. The van der Waals surface area contributed by atoms with Gasteiger partial charge >= 0.3 is 13.2 Å². The third-order valence-corrected chi connectivity index (χ3v) is 6.85. The highest BCUT2D eigenvalue weighted by Gasteiger charge is 2.51. The molecule has 2 fully saturated rings. The Morgan fingerprint density at radius 1 is 1.04 bits per heavy atom. The lowest BCUT2D eigenvalue weighted by Gasteiger charge is -2.39. The minimum absolute atomic E-state index is 0.105. The maximum absolute atomic E-state index is 11.9. The Morgan fingerprint density at radius 2 is 1.54 bits per heavy atom. The molecule has 0 spiro atoms. The molecule has 154 valence electrons. The van der Waals surface area contributed by atoms with E-state index in [1.54, 1.807) is 4.90 Å². The molecule has 1 saturated heterocycles. The molecule has 1 aliphatic carbocycles. The molecule has 1 heterocycles. The molecule has 0 bridgehead atoms. The van der Waals surface area contributed by atoms with Gasteiger partial charge in [-0.1, -0.05) is 38.1 Å². The lowest BCUT2D eigenvalue weighted by Crippen LogP contribution is -2.42. The quantitative estimate of drug-likeness (QED) is 0.777. The number of hydrogen-bond donors (Lipinski definition) is 1. The molecular weight excluding hydrogens is 353 g/mol. The summed E-state index contributed by atoms with van der Waals surface area (Å²) in [5.41, 5.74) is 1.54. The monoisotopic (exact) mass is 387 g/mol. The molecule has 6 heteroatoms. The molecule has 0 unspecified atom stereocenters. The van der Waals surface area contributed by atoms with E-state index >= 15 is 0 Å². The standard InChI is InChI=1S/C22H34BNO4/c1-20(2)13-11-18(12-14-20)24(19(25)26)15-16-7-9-17(10-8-16)23-27-21(3,4)22(5,6)28-23/h7-10,18H,11-15H2,1-6H3,(H,25,26). The van der Waals surface area contributed by atoms with E-state index in [1.165, 1.54) is 0 Å². The van der Waals surface area contributed by atoms with Gasteiger partial charge in [-0.15, -0.1) is 0 Å². The average molecular weight is 387 g/mol. The summed E-state index contributed by atoms with van der Waals surface area (Å²) in [6, 6.07) is 8.06. The summed E-state index contributed by atoms with van der Waals surface area (Å²) in [6.45, 7) is 13.1. The maximum atomic E-state index is 11.9. The fourth-order valence-electron chi connectivity index (χ4n) is 4.00. The van der Waals surface area contributed by atoms with Crippen molar-refractivity contribution < 1.29 is 19.2 Å². The second kappa shape index (κ2) is 7.38. The molecule has 3 rings (SSSR count). The van der Waals surface area contributed by atoms with Crippen molar-refractivity contribution in [1.29, 1.82) is 0 Å². The normalized spacial score (nSPS) is 23.6. The average Bonchev–Trinajstić information content (AvgIpc) is 2.81. The van der Waals surface area contributed by atoms with Crippen LogP contribution in [0.1, 0.15) is 72.8 Å². The Morgan fingerprint density at radius 3 is 2.00 bits per heavy atom. The minimum Gasteiger partial charge on any atom is -0.465 e. The predicted molar refractivity (Wildman–Crippen MR) is 112 cm³/mol. The van der Waals surface area contributed by atoms with E-state index in [1.807, 2.05) is 52.0 Å². The zero-order valence-corrected chi connectivity index (χ0v) is 18.1. The summed E-state index contributed by atoms with van der Waals surface area (Å²) in [6.07, 6.45) is 3.18. The van der Waals surface area contributed by atoms with E-state index in [2.05, 4.69) is 13.8 Å². The lowest BCUT2D eigenvalue weighted by molar-refractivity contribution is 0.00578. The first-order valence-electron chi connectivity index (χ1n) is 10.3. The van der Waals surface area contributed by atoms with Gasteiger partial charge in [0.1, 0.15) is 0 Å². The Balaban J connectivity index is 1.67. The number of nitrogens with zero attached hydrogens (tertiary/aromatic N) is 1. The maximum Gasteiger partial charge on any atom is 0.494 e. The van der Waals surface area contributed by atoms with E-state index in [9.17, 15) is 9.90 Å². The topological polar surface area (TPSA) is 59.0 Å². The van der Waals surface area contributed by atoms with Crippen LogP contribution in [0.3, 0.4) is 0 Å². The van der Waals surface area contributed by atoms with Crippen LogP contribution in [0.2, 0.25) is 0 Å². The van der Waals surface area contributed by atoms with E-state index in [0.717, 1.165) is 36.7 Å². The zero-order valence-electron chi connectivity index (χ0n) is 18.1. The molecule has 2 aliphatic rings. The second-order valence-electron chi connectivity index (χ2n) is 10.1. The summed E-state index contributed by atoms with van der Waals surface area (Å²) in [5, 5.41) is 9.75. The molecule has 0 radical (unpaired) electrons. The van der Waals surface area contributed by atoms with E-state index in [-0.39, 0.29) is 17.2 Å². The van der Waals surface area contributed by atoms with Crippen molar-refractivity contribution in [1.82, 2.24) is 4.90 Å². The molecule has 1 saturated carbocycles. The van der Waals surface area contributed by atoms with E-state index in [4.69, 9.17) is 9.31 Å². The molecule has 0 atom stereocenters.